The second kappa shape index (κ2) is 7.92. The molecule has 24 heavy (non-hydrogen) atoms. The Morgan fingerprint density at radius 1 is 0.958 bits per heavy atom. The predicted octanol–water partition coefficient (Wildman–Crippen LogP) is 3.56. The van der Waals surface area contributed by atoms with Crippen LogP contribution in [0, 0.1) is 0 Å². The molecule has 0 atom stereocenters. The molecule has 1 amide bonds. The van der Waals surface area contributed by atoms with Crippen molar-refractivity contribution in [2.45, 2.75) is 6.42 Å². The van der Waals surface area contributed by atoms with E-state index in [4.69, 9.17) is 4.74 Å². The average molecular weight is 318 g/mol. The lowest BCUT2D eigenvalue weighted by molar-refractivity contribution is -0.123. The number of amides is 1. The van der Waals surface area contributed by atoms with Gasteiger partial charge in [0.2, 0.25) is 0 Å². The molecule has 0 radical (unpaired) electrons. The number of hydrogen-bond acceptors (Lipinski definition) is 3. The third-order valence-electron chi connectivity index (χ3n) is 3.54. The SMILES string of the molecule is O=C(COc1ccc2ccccc2c1)N/N=C/Cc1ccccc1. The fourth-order valence-corrected chi connectivity index (χ4v) is 2.32. The maximum absolute atomic E-state index is 11.7. The van der Waals surface area contributed by atoms with Gasteiger partial charge < -0.3 is 4.74 Å². The molecule has 0 heterocycles. The van der Waals surface area contributed by atoms with E-state index in [1.165, 1.54) is 0 Å². The van der Waals surface area contributed by atoms with Crippen LogP contribution in [0.4, 0.5) is 0 Å². The summed E-state index contributed by atoms with van der Waals surface area (Å²) in [4.78, 5) is 11.7. The first-order valence-corrected chi connectivity index (χ1v) is 7.77. The quantitative estimate of drug-likeness (QED) is 0.558. The van der Waals surface area contributed by atoms with Gasteiger partial charge in [0.05, 0.1) is 0 Å². The van der Waals surface area contributed by atoms with Crippen molar-refractivity contribution in [1.29, 1.82) is 0 Å². The van der Waals surface area contributed by atoms with E-state index in [0.29, 0.717) is 12.2 Å². The zero-order valence-corrected chi connectivity index (χ0v) is 13.2. The minimum Gasteiger partial charge on any atom is -0.484 e. The number of hydrogen-bond donors (Lipinski definition) is 1. The van der Waals surface area contributed by atoms with Gasteiger partial charge in [-0.2, -0.15) is 5.10 Å². The molecule has 3 rings (SSSR count). The molecule has 0 spiro atoms. The van der Waals surface area contributed by atoms with E-state index in [0.717, 1.165) is 16.3 Å². The Hall–Kier alpha value is -3.14. The number of carbonyl (C=O) groups is 1. The van der Waals surface area contributed by atoms with Crippen LogP contribution in [0.5, 0.6) is 5.75 Å². The smallest absolute Gasteiger partial charge is 0.277 e. The lowest BCUT2D eigenvalue weighted by Crippen LogP contribution is -2.24. The van der Waals surface area contributed by atoms with Gasteiger partial charge in [0.25, 0.3) is 5.91 Å². The minimum atomic E-state index is -0.285. The van der Waals surface area contributed by atoms with Crippen LogP contribution in [-0.2, 0) is 11.2 Å². The second-order valence-corrected chi connectivity index (χ2v) is 5.33. The van der Waals surface area contributed by atoms with E-state index < -0.39 is 0 Å². The molecule has 0 aromatic heterocycles. The van der Waals surface area contributed by atoms with Crippen LogP contribution in [0.25, 0.3) is 10.8 Å². The van der Waals surface area contributed by atoms with Gasteiger partial charge in [0.15, 0.2) is 6.61 Å². The van der Waals surface area contributed by atoms with Crippen LogP contribution in [0.15, 0.2) is 77.9 Å². The molecule has 3 aromatic carbocycles. The van der Waals surface area contributed by atoms with Gasteiger partial charge in [-0.3, -0.25) is 4.79 Å². The van der Waals surface area contributed by atoms with Crippen LogP contribution in [-0.4, -0.2) is 18.7 Å². The molecule has 0 aliphatic carbocycles. The van der Waals surface area contributed by atoms with E-state index in [1.54, 1.807) is 6.21 Å². The topological polar surface area (TPSA) is 50.7 Å². The summed E-state index contributed by atoms with van der Waals surface area (Å²) in [5, 5.41) is 6.14. The van der Waals surface area contributed by atoms with Gasteiger partial charge in [-0.15, -0.1) is 0 Å². The molecule has 120 valence electrons. The van der Waals surface area contributed by atoms with Crippen molar-refractivity contribution >= 4 is 22.9 Å². The summed E-state index contributed by atoms with van der Waals surface area (Å²) in [6, 6.07) is 23.7. The van der Waals surface area contributed by atoms with Crippen LogP contribution in [0.1, 0.15) is 5.56 Å². The highest BCUT2D eigenvalue weighted by Crippen LogP contribution is 2.20. The minimum absolute atomic E-state index is 0.0684. The highest BCUT2D eigenvalue weighted by molar-refractivity contribution is 5.84. The third kappa shape index (κ3) is 4.43. The van der Waals surface area contributed by atoms with Crippen molar-refractivity contribution in [2.24, 2.45) is 5.10 Å². The van der Waals surface area contributed by atoms with Gasteiger partial charge in [-0.05, 0) is 28.5 Å². The molecule has 0 aliphatic heterocycles. The molecule has 4 nitrogen and oxygen atoms in total. The first-order chi connectivity index (χ1) is 11.8. The zero-order chi connectivity index (χ0) is 16.6. The van der Waals surface area contributed by atoms with E-state index in [2.05, 4.69) is 10.5 Å². The summed E-state index contributed by atoms with van der Waals surface area (Å²) in [7, 11) is 0. The summed E-state index contributed by atoms with van der Waals surface area (Å²) in [5.41, 5.74) is 3.61. The molecule has 0 fully saturated rings. The third-order valence-corrected chi connectivity index (χ3v) is 3.54. The molecular weight excluding hydrogens is 300 g/mol. The number of hydrazone groups is 1. The molecule has 0 bridgehead atoms. The Morgan fingerprint density at radius 3 is 2.54 bits per heavy atom. The largest absolute Gasteiger partial charge is 0.484 e. The van der Waals surface area contributed by atoms with E-state index in [-0.39, 0.29) is 12.5 Å². The highest BCUT2D eigenvalue weighted by atomic mass is 16.5. The Morgan fingerprint density at radius 2 is 1.71 bits per heavy atom. The van der Waals surface area contributed by atoms with Gasteiger partial charge in [-0.25, -0.2) is 5.43 Å². The Bertz CT molecular complexity index is 844. The lowest BCUT2D eigenvalue weighted by atomic mass is 10.1. The summed E-state index contributed by atoms with van der Waals surface area (Å²) in [6.45, 7) is -0.0684. The van der Waals surface area contributed by atoms with E-state index in [1.807, 2.05) is 72.8 Å². The molecule has 0 saturated heterocycles. The number of fused-ring (bicyclic) bond motifs is 1. The molecule has 3 aromatic rings. The second-order valence-electron chi connectivity index (χ2n) is 5.33. The normalized spacial score (nSPS) is 10.8. The molecular formula is C20H18N2O2. The van der Waals surface area contributed by atoms with Gasteiger partial charge in [0.1, 0.15) is 5.75 Å². The van der Waals surface area contributed by atoms with Crippen molar-refractivity contribution in [3.05, 3.63) is 78.4 Å². The maximum atomic E-state index is 11.7. The van der Waals surface area contributed by atoms with Gasteiger partial charge in [-0.1, -0.05) is 60.7 Å². The van der Waals surface area contributed by atoms with Gasteiger partial charge >= 0.3 is 0 Å². The first kappa shape index (κ1) is 15.7. The first-order valence-electron chi connectivity index (χ1n) is 7.77. The zero-order valence-electron chi connectivity index (χ0n) is 13.2. The summed E-state index contributed by atoms with van der Waals surface area (Å²) < 4.78 is 5.51. The molecule has 4 heteroatoms. The summed E-state index contributed by atoms with van der Waals surface area (Å²) in [5.74, 6) is 0.379. The maximum Gasteiger partial charge on any atom is 0.277 e. The van der Waals surface area contributed by atoms with Crippen LogP contribution >= 0.6 is 0 Å². The Kier molecular flexibility index (Phi) is 5.20. The van der Waals surface area contributed by atoms with E-state index >= 15 is 0 Å². The van der Waals surface area contributed by atoms with Gasteiger partial charge in [0, 0.05) is 12.6 Å². The Balaban J connectivity index is 1.46. The van der Waals surface area contributed by atoms with Crippen molar-refractivity contribution < 1.29 is 9.53 Å². The van der Waals surface area contributed by atoms with Crippen molar-refractivity contribution in [1.82, 2.24) is 5.43 Å². The highest BCUT2D eigenvalue weighted by Gasteiger charge is 2.02. The number of nitrogens with one attached hydrogen (secondary N) is 1. The lowest BCUT2D eigenvalue weighted by Gasteiger charge is -2.06. The number of carbonyl (C=O) groups excluding carboxylic acids is 1. The fourth-order valence-electron chi connectivity index (χ4n) is 2.32. The summed E-state index contributed by atoms with van der Waals surface area (Å²) in [6.07, 6.45) is 2.34. The Labute approximate surface area is 140 Å². The average Bonchev–Trinajstić information content (AvgIpc) is 2.64. The van der Waals surface area contributed by atoms with Crippen LogP contribution < -0.4 is 10.2 Å². The summed E-state index contributed by atoms with van der Waals surface area (Å²) >= 11 is 0. The molecule has 0 unspecified atom stereocenters. The number of benzene rings is 3. The standard InChI is InChI=1S/C20H18N2O2/c23-20(22-21-13-12-16-6-2-1-3-7-16)15-24-19-11-10-17-8-4-5-9-18(17)14-19/h1-11,13-14H,12,15H2,(H,22,23)/b21-13+. The predicted molar refractivity (Wildman–Crippen MR) is 96.2 cm³/mol. The number of rotatable bonds is 6. The van der Waals surface area contributed by atoms with Crippen LogP contribution in [0.3, 0.4) is 0 Å². The van der Waals surface area contributed by atoms with Crippen LogP contribution in [0.2, 0.25) is 0 Å². The molecule has 1 N–H and O–H groups in total. The molecule has 0 aliphatic rings. The monoisotopic (exact) mass is 318 g/mol. The molecule has 0 saturated carbocycles. The fraction of sp³-hybridized carbons (Fsp3) is 0.100. The van der Waals surface area contributed by atoms with Crippen molar-refractivity contribution in [2.75, 3.05) is 6.61 Å². The van der Waals surface area contributed by atoms with E-state index in [9.17, 15) is 4.79 Å². The van der Waals surface area contributed by atoms with Crippen molar-refractivity contribution in [3.63, 3.8) is 0 Å². The number of ether oxygens (including phenoxy) is 1. The van der Waals surface area contributed by atoms with Crippen molar-refractivity contribution in [3.8, 4) is 5.75 Å². The number of nitrogens with zero attached hydrogens (tertiary/aromatic N) is 1.